The second kappa shape index (κ2) is 3.86. The number of hydrogen-bond donors (Lipinski definition) is 0. The van der Waals surface area contributed by atoms with Crippen LogP contribution in [0.4, 0.5) is 0 Å². The van der Waals surface area contributed by atoms with Crippen molar-refractivity contribution in [3.63, 3.8) is 0 Å². The van der Waals surface area contributed by atoms with E-state index in [4.69, 9.17) is 4.74 Å². The highest BCUT2D eigenvalue weighted by atomic mass is 16.5. The number of fused-ring (bicyclic) bond motifs is 3. The molecule has 2 aliphatic carbocycles. The quantitative estimate of drug-likeness (QED) is 0.693. The molecule has 0 N–H and O–H groups in total. The van der Waals surface area contributed by atoms with Gasteiger partial charge in [-0.25, -0.2) is 0 Å². The van der Waals surface area contributed by atoms with Crippen molar-refractivity contribution in [1.29, 1.82) is 0 Å². The maximum absolute atomic E-state index is 12.2. The van der Waals surface area contributed by atoms with E-state index in [1.54, 1.807) is 0 Å². The van der Waals surface area contributed by atoms with Gasteiger partial charge in [0, 0.05) is 5.92 Å². The molecule has 2 nitrogen and oxygen atoms in total. The number of carbonyl (C=O) groups excluding carboxylic acids is 1. The van der Waals surface area contributed by atoms with Crippen LogP contribution in [0.25, 0.3) is 0 Å². The van der Waals surface area contributed by atoms with E-state index in [1.165, 1.54) is 24.7 Å². The Morgan fingerprint density at radius 3 is 3.00 bits per heavy atom. The number of carbonyl (C=O) groups is 1. The van der Waals surface area contributed by atoms with E-state index in [2.05, 4.69) is 24.3 Å². The molecule has 0 heterocycles. The van der Waals surface area contributed by atoms with Crippen molar-refractivity contribution in [2.75, 3.05) is 7.11 Å². The number of methoxy groups -OCH3 is 1. The van der Waals surface area contributed by atoms with Crippen molar-refractivity contribution in [2.24, 2.45) is 5.41 Å². The molecule has 2 heteroatoms. The Balaban J connectivity index is 2.07. The number of benzene rings is 1. The van der Waals surface area contributed by atoms with Crippen LogP contribution in [0.1, 0.15) is 42.7 Å². The molecule has 2 aliphatic rings. The maximum atomic E-state index is 12.2. The van der Waals surface area contributed by atoms with Crippen molar-refractivity contribution >= 4 is 5.97 Å². The van der Waals surface area contributed by atoms with Crippen LogP contribution in [0.2, 0.25) is 0 Å². The first-order valence-corrected chi connectivity index (χ1v) is 6.44. The maximum Gasteiger partial charge on any atom is 0.312 e. The summed E-state index contributed by atoms with van der Waals surface area (Å²) in [5.41, 5.74) is 2.49. The van der Waals surface area contributed by atoms with Crippen molar-refractivity contribution in [3.8, 4) is 0 Å². The molecule has 90 valence electrons. The standard InChI is InChI=1S/C15H18O2/c1-17-14(16)15-9-5-4-8-13(15)12-7-3-2-6-11(12)10-15/h2-3,6-7,13H,4-5,8-10H2,1H3/t13-,15-/m1/s1. The van der Waals surface area contributed by atoms with Crippen LogP contribution in [0.15, 0.2) is 24.3 Å². The van der Waals surface area contributed by atoms with Gasteiger partial charge in [-0.15, -0.1) is 0 Å². The summed E-state index contributed by atoms with van der Waals surface area (Å²) in [5, 5.41) is 0. The molecule has 0 radical (unpaired) electrons. The largest absolute Gasteiger partial charge is 0.469 e. The van der Waals surface area contributed by atoms with Gasteiger partial charge in [-0.05, 0) is 30.4 Å². The van der Waals surface area contributed by atoms with Gasteiger partial charge >= 0.3 is 5.97 Å². The average molecular weight is 230 g/mol. The molecule has 2 atom stereocenters. The van der Waals surface area contributed by atoms with Gasteiger partial charge in [0.25, 0.3) is 0 Å². The SMILES string of the molecule is COC(=O)[C@@]12CCCC[C@@H]1c1ccccc1C2. The highest BCUT2D eigenvalue weighted by Crippen LogP contribution is 2.55. The van der Waals surface area contributed by atoms with Gasteiger partial charge < -0.3 is 4.74 Å². The van der Waals surface area contributed by atoms with Crippen LogP contribution in [0, 0.1) is 5.41 Å². The van der Waals surface area contributed by atoms with Crippen LogP contribution < -0.4 is 0 Å². The van der Waals surface area contributed by atoms with E-state index in [-0.39, 0.29) is 11.4 Å². The number of hydrogen-bond acceptors (Lipinski definition) is 2. The van der Waals surface area contributed by atoms with Gasteiger partial charge in [0.1, 0.15) is 0 Å². The van der Waals surface area contributed by atoms with Gasteiger partial charge in [0.05, 0.1) is 12.5 Å². The Morgan fingerprint density at radius 2 is 2.18 bits per heavy atom. The van der Waals surface area contributed by atoms with E-state index in [0.29, 0.717) is 5.92 Å². The van der Waals surface area contributed by atoms with E-state index >= 15 is 0 Å². The predicted octanol–water partition coefficient (Wildman–Crippen LogP) is 3.06. The Hall–Kier alpha value is -1.31. The summed E-state index contributed by atoms with van der Waals surface area (Å²) < 4.78 is 5.09. The summed E-state index contributed by atoms with van der Waals surface area (Å²) in [6.45, 7) is 0. The first-order valence-electron chi connectivity index (χ1n) is 6.44. The molecule has 0 aromatic heterocycles. The molecule has 1 aromatic carbocycles. The van der Waals surface area contributed by atoms with Crippen molar-refractivity contribution < 1.29 is 9.53 Å². The van der Waals surface area contributed by atoms with Crippen LogP contribution in [-0.4, -0.2) is 13.1 Å². The average Bonchev–Trinajstić information content (AvgIpc) is 2.73. The lowest BCUT2D eigenvalue weighted by molar-refractivity contribution is -0.155. The Kier molecular flexibility index (Phi) is 2.46. The predicted molar refractivity (Wildman–Crippen MR) is 65.8 cm³/mol. The Morgan fingerprint density at radius 1 is 1.35 bits per heavy atom. The van der Waals surface area contributed by atoms with Gasteiger partial charge in [0.2, 0.25) is 0 Å². The molecule has 3 rings (SSSR count). The third-order valence-corrected chi connectivity index (χ3v) is 4.56. The number of esters is 1. The first-order chi connectivity index (χ1) is 8.28. The normalized spacial score (nSPS) is 30.5. The monoisotopic (exact) mass is 230 g/mol. The van der Waals surface area contributed by atoms with Gasteiger partial charge in [0.15, 0.2) is 0 Å². The lowest BCUT2D eigenvalue weighted by Gasteiger charge is -2.37. The summed E-state index contributed by atoms with van der Waals surface area (Å²) in [4.78, 5) is 12.2. The summed E-state index contributed by atoms with van der Waals surface area (Å²) >= 11 is 0. The highest BCUT2D eigenvalue weighted by molar-refractivity contribution is 5.80. The second-order valence-corrected chi connectivity index (χ2v) is 5.32. The summed E-state index contributed by atoms with van der Waals surface area (Å²) in [7, 11) is 1.52. The van der Waals surface area contributed by atoms with E-state index in [1.807, 2.05) is 0 Å². The minimum Gasteiger partial charge on any atom is -0.469 e. The van der Waals surface area contributed by atoms with Crippen molar-refractivity contribution in [2.45, 2.75) is 38.0 Å². The van der Waals surface area contributed by atoms with Crippen molar-refractivity contribution in [1.82, 2.24) is 0 Å². The number of ether oxygens (including phenoxy) is 1. The third kappa shape index (κ3) is 1.43. The summed E-state index contributed by atoms with van der Waals surface area (Å²) in [6.07, 6.45) is 5.38. The number of rotatable bonds is 1. The molecule has 0 unspecified atom stereocenters. The molecule has 1 saturated carbocycles. The van der Waals surface area contributed by atoms with Gasteiger partial charge in [-0.3, -0.25) is 4.79 Å². The fourth-order valence-corrected chi connectivity index (χ4v) is 3.80. The van der Waals surface area contributed by atoms with Gasteiger partial charge in [-0.2, -0.15) is 0 Å². The fourth-order valence-electron chi connectivity index (χ4n) is 3.80. The van der Waals surface area contributed by atoms with E-state index in [0.717, 1.165) is 25.7 Å². The Labute approximate surface area is 102 Å². The zero-order valence-electron chi connectivity index (χ0n) is 10.2. The van der Waals surface area contributed by atoms with Crippen molar-refractivity contribution in [3.05, 3.63) is 35.4 Å². The lowest BCUT2D eigenvalue weighted by atomic mass is 9.67. The molecule has 0 amide bonds. The van der Waals surface area contributed by atoms with Crippen LogP contribution in [0.5, 0.6) is 0 Å². The zero-order valence-corrected chi connectivity index (χ0v) is 10.2. The molecule has 17 heavy (non-hydrogen) atoms. The first kappa shape index (κ1) is 10.8. The molecular formula is C15H18O2. The molecule has 1 fully saturated rings. The lowest BCUT2D eigenvalue weighted by Crippen LogP contribution is -2.38. The zero-order chi connectivity index (χ0) is 11.9. The molecule has 0 spiro atoms. The summed E-state index contributed by atoms with van der Waals surface area (Å²) in [6, 6.07) is 8.51. The van der Waals surface area contributed by atoms with E-state index in [9.17, 15) is 4.79 Å². The highest BCUT2D eigenvalue weighted by Gasteiger charge is 2.52. The van der Waals surface area contributed by atoms with Crippen LogP contribution in [0.3, 0.4) is 0 Å². The molecule has 0 bridgehead atoms. The molecule has 0 aliphatic heterocycles. The third-order valence-electron chi connectivity index (χ3n) is 4.56. The fraction of sp³-hybridized carbons (Fsp3) is 0.533. The van der Waals surface area contributed by atoms with E-state index < -0.39 is 0 Å². The summed E-state index contributed by atoms with van der Waals surface area (Å²) in [5.74, 6) is 0.387. The smallest absolute Gasteiger partial charge is 0.312 e. The van der Waals surface area contributed by atoms with Crippen LogP contribution >= 0.6 is 0 Å². The second-order valence-electron chi connectivity index (χ2n) is 5.32. The van der Waals surface area contributed by atoms with Gasteiger partial charge in [-0.1, -0.05) is 37.1 Å². The Bertz CT molecular complexity index is 452. The molecule has 1 aromatic rings. The topological polar surface area (TPSA) is 26.3 Å². The van der Waals surface area contributed by atoms with Crippen LogP contribution in [-0.2, 0) is 16.0 Å². The minimum absolute atomic E-state index is 0.00148. The molecule has 0 saturated heterocycles. The minimum atomic E-state index is -0.253. The molecular weight excluding hydrogens is 212 g/mol.